The van der Waals surface area contributed by atoms with Gasteiger partial charge in [-0.3, -0.25) is 14.5 Å². The molecule has 1 aromatic carbocycles. The number of hydrogen-bond acceptors (Lipinski definition) is 5. The van der Waals surface area contributed by atoms with Crippen molar-refractivity contribution in [1.29, 1.82) is 0 Å². The molecular weight excluding hydrogens is 324 g/mol. The summed E-state index contributed by atoms with van der Waals surface area (Å²) < 4.78 is 1.21. The highest BCUT2D eigenvalue weighted by Gasteiger charge is 2.37. The van der Waals surface area contributed by atoms with Gasteiger partial charge in [-0.15, -0.1) is 11.3 Å². The fraction of sp³-hybridized carbons (Fsp3) is 0.353. The van der Waals surface area contributed by atoms with E-state index in [2.05, 4.69) is 28.5 Å². The van der Waals surface area contributed by atoms with Gasteiger partial charge in [-0.2, -0.15) is 0 Å². The first-order valence-electron chi connectivity index (χ1n) is 7.77. The first kappa shape index (κ1) is 16.4. The number of carbonyl (C=O) groups is 2. The molecule has 2 heterocycles. The predicted molar refractivity (Wildman–Crippen MR) is 95.8 cm³/mol. The third-order valence-corrected chi connectivity index (χ3v) is 5.12. The Morgan fingerprint density at radius 1 is 1.46 bits per heavy atom. The van der Waals surface area contributed by atoms with Gasteiger partial charge in [0.2, 0.25) is 11.8 Å². The summed E-state index contributed by atoms with van der Waals surface area (Å²) in [5, 5.41) is 5.85. The van der Waals surface area contributed by atoms with Gasteiger partial charge < -0.3 is 11.1 Å². The number of rotatable bonds is 4. The minimum absolute atomic E-state index is 0.0826. The summed E-state index contributed by atoms with van der Waals surface area (Å²) >= 11 is 1.68. The van der Waals surface area contributed by atoms with Gasteiger partial charge in [0.25, 0.3) is 0 Å². The topological polar surface area (TPSA) is 87.8 Å². The molecule has 7 heteroatoms. The van der Waals surface area contributed by atoms with Crippen LogP contribution in [0.4, 0.5) is 0 Å². The molecule has 1 aliphatic heterocycles. The zero-order chi connectivity index (χ0) is 17.3. The molecule has 0 radical (unpaired) electrons. The van der Waals surface area contributed by atoms with Crippen molar-refractivity contribution >= 4 is 39.2 Å². The summed E-state index contributed by atoms with van der Waals surface area (Å²) in [5.41, 5.74) is 6.35. The number of nitrogens with one attached hydrogen (secondary N) is 1. The van der Waals surface area contributed by atoms with Crippen molar-refractivity contribution in [3.05, 3.63) is 35.2 Å². The van der Waals surface area contributed by atoms with Gasteiger partial charge in [0, 0.05) is 24.7 Å². The number of aliphatic imine (C=N–C) groups is 1. The van der Waals surface area contributed by atoms with Gasteiger partial charge in [0.1, 0.15) is 0 Å². The van der Waals surface area contributed by atoms with Crippen molar-refractivity contribution in [1.82, 2.24) is 10.2 Å². The molecule has 0 saturated carbocycles. The summed E-state index contributed by atoms with van der Waals surface area (Å²) in [5.74, 6) is -0.0193. The Morgan fingerprint density at radius 2 is 2.25 bits per heavy atom. The lowest BCUT2D eigenvalue weighted by molar-refractivity contribution is -0.130. The Kier molecular flexibility index (Phi) is 4.28. The Balaban J connectivity index is 1.85. The summed E-state index contributed by atoms with van der Waals surface area (Å²) in [7, 11) is 0. The molecule has 1 aromatic heterocycles. The van der Waals surface area contributed by atoms with Gasteiger partial charge >= 0.3 is 0 Å². The van der Waals surface area contributed by atoms with E-state index in [0.717, 1.165) is 10.9 Å². The van der Waals surface area contributed by atoms with E-state index in [0.29, 0.717) is 13.1 Å². The van der Waals surface area contributed by atoms with Gasteiger partial charge in [-0.1, -0.05) is 6.07 Å². The number of benzene rings is 1. The summed E-state index contributed by atoms with van der Waals surface area (Å²) in [6.45, 7) is 4.05. The molecule has 0 saturated heterocycles. The van der Waals surface area contributed by atoms with E-state index in [1.165, 1.54) is 16.5 Å². The van der Waals surface area contributed by atoms with E-state index < -0.39 is 5.54 Å². The maximum atomic E-state index is 12.5. The van der Waals surface area contributed by atoms with Gasteiger partial charge in [-0.05, 0) is 41.5 Å². The van der Waals surface area contributed by atoms with Crippen molar-refractivity contribution in [2.75, 3.05) is 13.1 Å². The molecule has 0 bridgehead atoms. The largest absolute Gasteiger partial charge is 0.369 e. The molecule has 1 aliphatic rings. The van der Waals surface area contributed by atoms with Crippen molar-refractivity contribution < 1.29 is 9.59 Å². The maximum Gasteiger partial charge on any atom is 0.232 e. The molecule has 0 fully saturated rings. The smallest absolute Gasteiger partial charge is 0.232 e. The lowest BCUT2D eigenvalue weighted by atomic mass is 9.87. The van der Waals surface area contributed by atoms with Crippen molar-refractivity contribution in [2.24, 2.45) is 10.7 Å². The van der Waals surface area contributed by atoms with E-state index >= 15 is 0 Å². The predicted octanol–water partition coefficient (Wildman–Crippen LogP) is 1.80. The van der Waals surface area contributed by atoms with E-state index in [4.69, 9.17) is 5.73 Å². The van der Waals surface area contributed by atoms with Crippen LogP contribution in [0.25, 0.3) is 10.1 Å². The third-order valence-electron chi connectivity index (χ3n) is 4.22. The summed E-state index contributed by atoms with van der Waals surface area (Å²) in [6.07, 6.45) is 0.253. The van der Waals surface area contributed by atoms with Gasteiger partial charge in [0.15, 0.2) is 5.96 Å². The number of hydrogen-bond donors (Lipinski definition) is 2. The van der Waals surface area contributed by atoms with E-state index in [1.807, 2.05) is 18.4 Å². The minimum Gasteiger partial charge on any atom is -0.369 e. The standard InChI is InChI=1S/C17H20N4O2S/c1-11(22)19-6-7-21-15(23)10-17(2,20-16(21)18)13-3-4-14-12(9-13)5-8-24-14/h3-5,8-9H,6-7,10H2,1-2H3,(H2,18,20)(H,19,22)/t17-/m0/s1. The monoisotopic (exact) mass is 344 g/mol. The van der Waals surface area contributed by atoms with Crippen LogP contribution in [0, 0.1) is 0 Å². The highest BCUT2D eigenvalue weighted by atomic mass is 32.1. The molecule has 0 aliphatic carbocycles. The molecule has 0 spiro atoms. The molecule has 3 N–H and O–H groups in total. The van der Waals surface area contributed by atoms with E-state index in [1.54, 1.807) is 11.3 Å². The van der Waals surface area contributed by atoms with Crippen LogP contribution in [0.15, 0.2) is 34.6 Å². The number of carbonyl (C=O) groups excluding carboxylic acids is 2. The zero-order valence-electron chi connectivity index (χ0n) is 13.7. The number of amides is 2. The molecule has 126 valence electrons. The van der Waals surface area contributed by atoms with Gasteiger partial charge in [0.05, 0.1) is 12.0 Å². The average Bonchev–Trinajstić information content (AvgIpc) is 2.97. The Hall–Kier alpha value is -2.41. The second kappa shape index (κ2) is 6.24. The molecule has 3 rings (SSSR count). The van der Waals surface area contributed by atoms with Crippen LogP contribution in [-0.4, -0.2) is 35.8 Å². The van der Waals surface area contributed by atoms with Crippen LogP contribution in [0.5, 0.6) is 0 Å². The van der Waals surface area contributed by atoms with E-state index in [-0.39, 0.29) is 24.2 Å². The normalized spacial score (nSPS) is 21.0. The van der Waals surface area contributed by atoms with E-state index in [9.17, 15) is 9.59 Å². The van der Waals surface area contributed by atoms with Crippen LogP contribution >= 0.6 is 11.3 Å². The molecule has 24 heavy (non-hydrogen) atoms. The fourth-order valence-electron chi connectivity index (χ4n) is 2.92. The molecule has 1 atom stereocenters. The molecular formula is C17H20N4O2S. The first-order chi connectivity index (χ1) is 11.4. The van der Waals surface area contributed by atoms with Crippen LogP contribution in [0.3, 0.4) is 0 Å². The number of nitrogens with zero attached hydrogens (tertiary/aromatic N) is 2. The zero-order valence-corrected chi connectivity index (χ0v) is 14.5. The lowest BCUT2D eigenvalue weighted by Gasteiger charge is -2.35. The number of fused-ring (bicyclic) bond motifs is 1. The third kappa shape index (κ3) is 3.12. The highest BCUT2D eigenvalue weighted by molar-refractivity contribution is 7.17. The Labute approximate surface area is 144 Å². The van der Waals surface area contributed by atoms with Crippen LogP contribution in [0.1, 0.15) is 25.8 Å². The molecule has 6 nitrogen and oxygen atoms in total. The van der Waals surface area contributed by atoms with Crippen LogP contribution in [-0.2, 0) is 15.1 Å². The summed E-state index contributed by atoms with van der Waals surface area (Å²) in [6, 6.07) is 8.20. The van der Waals surface area contributed by atoms with Crippen molar-refractivity contribution in [3.63, 3.8) is 0 Å². The lowest BCUT2D eigenvalue weighted by Crippen LogP contribution is -2.51. The molecule has 2 aromatic rings. The Morgan fingerprint density at radius 3 is 2.96 bits per heavy atom. The first-order valence-corrected chi connectivity index (χ1v) is 8.65. The minimum atomic E-state index is -0.665. The Bertz CT molecular complexity index is 829. The second-order valence-corrected chi connectivity index (χ2v) is 7.07. The summed E-state index contributed by atoms with van der Waals surface area (Å²) in [4.78, 5) is 29.5. The number of guanidine groups is 1. The van der Waals surface area contributed by atoms with Gasteiger partial charge in [-0.25, -0.2) is 4.99 Å². The average molecular weight is 344 g/mol. The van der Waals surface area contributed by atoms with Crippen molar-refractivity contribution in [3.8, 4) is 0 Å². The van der Waals surface area contributed by atoms with Crippen molar-refractivity contribution in [2.45, 2.75) is 25.8 Å². The van der Waals surface area contributed by atoms with Crippen LogP contribution < -0.4 is 11.1 Å². The SMILES string of the molecule is CC(=O)NCCN1C(=O)C[C@@](C)(c2ccc3sccc3c2)N=C1N. The van der Waals surface area contributed by atoms with Crippen LogP contribution in [0.2, 0.25) is 0 Å². The second-order valence-electron chi connectivity index (χ2n) is 6.12. The number of nitrogens with two attached hydrogens (primary N) is 1. The molecule has 2 amide bonds. The molecule has 0 unspecified atom stereocenters. The fourth-order valence-corrected chi connectivity index (χ4v) is 3.69. The maximum absolute atomic E-state index is 12.5. The number of thiophene rings is 1. The quantitative estimate of drug-likeness (QED) is 0.886. The highest BCUT2D eigenvalue weighted by Crippen LogP contribution is 2.35.